The van der Waals surface area contributed by atoms with Crippen molar-refractivity contribution >= 4 is 33.4 Å². The largest absolute Gasteiger partial charge is 0.494 e. The number of nitrogens with zero attached hydrogens (tertiary/aromatic N) is 2. The Morgan fingerprint density at radius 2 is 1.93 bits per heavy atom. The number of nitrogens with one attached hydrogen (secondary N) is 1. The molecule has 0 fully saturated rings. The SMILES string of the molecule is CCOc1ccc(CNC(=O)CN2CCSc3ccc(S(=O)(=O)N(C)C)cc32)cc1. The number of thioether (sulfide) groups is 1. The van der Waals surface area contributed by atoms with E-state index in [0.717, 1.165) is 27.6 Å². The Bertz CT molecular complexity index is 992. The van der Waals surface area contributed by atoms with Gasteiger partial charge in [-0.2, -0.15) is 0 Å². The Hall–Kier alpha value is -2.23. The number of amides is 1. The van der Waals surface area contributed by atoms with E-state index in [-0.39, 0.29) is 17.3 Å². The topological polar surface area (TPSA) is 79.0 Å². The van der Waals surface area contributed by atoms with Crippen molar-refractivity contribution in [3.63, 3.8) is 0 Å². The van der Waals surface area contributed by atoms with E-state index in [1.807, 2.05) is 42.2 Å². The summed E-state index contributed by atoms with van der Waals surface area (Å²) in [6.45, 7) is 3.83. The minimum Gasteiger partial charge on any atom is -0.494 e. The number of carbonyl (C=O) groups is 1. The van der Waals surface area contributed by atoms with Crippen LogP contribution in [-0.2, 0) is 21.4 Å². The Morgan fingerprint density at radius 3 is 2.60 bits per heavy atom. The predicted octanol–water partition coefficient (Wildman–Crippen LogP) is 2.56. The van der Waals surface area contributed by atoms with Gasteiger partial charge in [-0.15, -0.1) is 11.8 Å². The van der Waals surface area contributed by atoms with Crippen LogP contribution in [0, 0.1) is 0 Å². The van der Waals surface area contributed by atoms with Crippen LogP contribution in [0.2, 0.25) is 0 Å². The average molecular weight is 450 g/mol. The van der Waals surface area contributed by atoms with Crippen molar-refractivity contribution in [2.45, 2.75) is 23.3 Å². The molecule has 162 valence electrons. The Labute approximate surface area is 182 Å². The summed E-state index contributed by atoms with van der Waals surface area (Å²) in [5.74, 6) is 1.54. The first kappa shape index (κ1) is 22.5. The third kappa shape index (κ3) is 5.27. The highest BCUT2D eigenvalue weighted by molar-refractivity contribution is 7.99. The highest BCUT2D eigenvalue weighted by Gasteiger charge is 2.24. The van der Waals surface area contributed by atoms with Gasteiger partial charge in [0.15, 0.2) is 0 Å². The van der Waals surface area contributed by atoms with Gasteiger partial charge >= 0.3 is 0 Å². The second kappa shape index (κ2) is 9.72. The van der Waals surface area contributed by atoms with Crippen molar-refractivity contribution in [2.75, 3.05) is 44.4 Å². The van der Waals surface area contributed by atoms with Crippen molar-refractivity contribution in [3.05, 3.63) is 48.0 Å². The highest BCUT2D eigenvalue weighted by atomic mass is 32.2. The molecule has 0 unspecified atom stereocenters. The maximum Gasteiger partial charge on any atom is 0.242 e. The van der Waals surface area contributed by atoms with E-state index in [2.05, 4.69) is 5.32 Å². The first-order chi connectivity index (χ1) is 14.3. The molecule has 0 aliphatic carbocycles. The molecule has 0 spiro atoms. The monoisotopic (exact) mass is 449 g/mol. The van der Waals surface area contributed by atoms with Gasteiger partial charge in [0.1, 0.15) is 5.75 Å². The van der Waals surface area contributed by atoms with Crippen LogP contribution in [0.15, 0.2) is 52.3 Å². The minimum atomic E-state index is -3.53. The maximum absolute atomic E-state index is 12.5. The van der Waals surface area contributed by atoms with Gasteiger partial charge < -0.3 is 15.0 Å². The van der Waals surface area contributed by atoms with Crippen LogP contribution in [0.1, 0.15) is 12.5 Å². The van der Waals surface area contributed by atoms with Gasteiger partial charge in [0.2, 0.25) is 15.9 Å². The van der Waals surface area contributed by atoms with Gasteiger partial charge in [0, 0.05) is 37.8 Å². The predicted molar refractivity (Wildman–Crippen MR) is 120 cm³/mol. The zero-order valence-electron chi connectivity index (χ0n) is 17.4. The average Bonchev–Trinajstić information content (AvgIpc) is 2.73. The minimum absolute atomic E-state index is 0.109. The fourth-order valence-electron chi connectivity index (χ4n) is 3.09. The van der Waals surface area contributed by atoms with Crippen LogP contribution in [0.3, 0.4) is 0 Å². The molecule has 30 heavy (non-hydrogen) atoms. The summed E-state index contributed by atoms with van der Waals surface area (Å²) in [7, 11) is -0.511. The Balaban J connectivity index is 1.67. The molecule has 0 saturated carbocycles. The third-order valence-corrected chi connectivity index (χ3v) is 7.58. The number of hydrogen-bond acceptors (Lipinski definition) is 6. The van der Waals surface area contributed by atoms with Gasteiger partial charge in [0.25, 0.3) is 0 Å². The number of carbonyl (C=O) groups excluding carboxylic acids is 1. The molecule has 7 nitrogen and oxygen atoms in total. The summed E-state index contributed by atoms with van der Waals surface area (Å²) in [5, 5.41) is 2.94. The van der Waals surface area contributed by atoms with Crippen LogP contribution < -0.4 is 15.0 Å². The van der Waals surface area contributed by atoms with E-state index >= 15 is 0 Å². The fourth-order valence-corrected chi connectivity index (χ4v) is 5.04. The zero-order valence-corrected chi connectivity index (χ0v) is 19.1. The van der Waals surface area contributed by atoms with Crippen molar-refractivity contribution in [2.24, 2.45) is 0 Å². The van der Waals surface area contributed by atoms with Crippen LogP contribution in [0.25, 0.3) is 0 Å². The fraction of sp³-hybridized carbons (Fsp3) is 0.381. The molecule has 0 saturated heterocycles. The van der Waals surface area contributed by atoms with Crippen LogP contribution in [0.4, 0.5) is 5.69 Å². The number of fused-ring (bicyclic) bond motifs is 1. The Kier molecular flexibility index (Phi) is 7.27. The molecular formula is C21H27N3O4S2. The van der Waals surface area contributed by atoms with Crippen molar-refractivity contribution in [3.8, 4) is 5.75 Å². The van der Waals surface area contributed by atoms with E-state index in [0.29, 0.717) is 19.7 Å². The molecular weight excluding hydrogens is 422 g/mol. The Morgan fingerprint density at radius 1 is 1.20 bits per heavy atom. The molecule has 2 aromatic carbocycles. The summed E-state index contributed by atoms with van der Waals surface area (Å²) in [6.07, 6.45) is 0. The number of rotatable bonds is 8. The number of benzene rings is 2. The number of sulfonamides is 1. The number of ether oxygens (including phenoxy) is 1. The molecule has 3 rings (SSSR count). The van der Waals surface area contributed by atoms with Crippen LogP contribution in [-0.4, -0.2) is 58.2 Å². The van der Waals surface area contributed by atoms with Gasteiger partial charge in [-0.3, -0.25) is 4.79 Å². The molecule has 0 atom stereocenters. The second-order valence-electron chi connectivity index (χ2n) is 7.04. The second-order valence-corrected chi connectivity index (χ2v) is 10.3. The first-order valence-electron chi connectivity index (χ1n) is 9.74. The lowest BCUT2D eigenvalue weighted by Gasteiger charge is -2.31. The quantitative estimate of drug-likeness (QED) is 0.667. The molecule has 2 aromatic rings. The lowest BCUT2D eigenvalue weighted by Crippen LogP contribution is -2.39. The summed E-state index contributed by atoms with van der Waals surface area (Å²) in [5.41, 5.74) is 1.77. The molecule has 0 bridgehead atoms. The van der Waals surface area contributed by atoms with Crippen molar-refractivity contribution < 1.29 is 17.9 Å². The normalized spacial score (nSPS) is 13.8. The summed E-state index contributed by atoms with van der Waals surface area (Å²) < 4.78 is 31.6. The van der Waals surface area contributed by atoms with Crippen LogP contribution >= 0.6 is 11.8 Å². The third-order valence-electron chi connectivity index (χ3n) is 4.73. The van der Waals surface area contributed by atoms with E-state index in [1.54, 1.807) is 23.9 Å². The van der Waals surface area contributed by atoms with Crippen LogP contribution in [0.5, 0.6) is 5.75 Å². The number of anilines is 1. The summed E-state index contributed by atoms with van der Waals surface area (Å²) >= 11 is 1.67. The molecule has 9 heteroatoms. The molecule has 1 N–H and O–H groups in total. The highest BCUT2D eigenvalue weighted by Crippen LogP contribution is 2.36. The molecule has 0 aromatic heterocycles. The van der Waals surface area contributed by atoms with Gasteiger partial charge in [-0.25, -0.2) is 12.7 Å². The molecule has 1 aliphatic heterocycles. The molecule has 1 heterocycles. The molecule has 1 aliphatic rings. The zero-order chi connectivity index (χ0) is 21.7. The van der Waals surface area contributed by atoms with E-state index in [1.165, 1.54) is 18.4 Å². The molecule has 0 radical (unpaired) electrons. The van der Waals surface area contributed by atoms with E-state index in [4.69, 9.17) is 4.74 Å². The summed E-state index contributed by atoms with van der Waals surface area (Å²) in [4.78, 5) is 15.7. The first-order valence-corrected chi connectivity index (χ1v) is 12.2. The summed E-state index contributed by atoms with van der Waals surface area (Å²) in [6, 6.07) is 12.7. The van der Waals surface area contributed by atoms with Gasteiger partial charge in [0.05, 0.1) is 23.7 Å². The van der Waals surface area contributed by atoms with Crippen molar-refractivity contribution in [1.29, 1.82) is 0 Å². The van der Waals surface area contributed by atoms with Gasteiger partial charge in [-0.05, 0) is 42.8 Å². The standard InChI is InChI=1S/C21H27N3O4S2/c1-4-28-17-7-5-16(6-8-17)14-22-21(25)15-24-11-12-29-20-10-9-18(13-19(20)24)30(26,27)23(2)3/h5-10,13H,4,11-12,14-15H2,1-3H3,(H,22,25). The number of hydrogen-bond donors (Lipinski definition) is 1. The van der Waals surface area contributed by atoms with Gasteiger partial charge in [-0.1, -0.05) is 12.1 Å². The smallest absolute Gasteiger partial charge is 0.242 e. The van der Waals surface area contributed by atoms with Crippen molar-refractivity contribution in [1.82, 2.24) is 9.62 Å². The maximum atomic E-state index is 12.5. The van der Waals surface area contributed by atoms with E-state index < -0.39 is 10.0 Å². The lowest BCUT2D eigenvalue weighted by atomic mass is 10.2. The molecule has 1 amide bonds. The lowest BCUT2D eigenvalue weighted by molar-refractivity contribution is -0.119. The van der Waals surface area contributed by atoms with E-state index in [9.17, 15) is 13.2 Å².